The average Bonchev–Trinajstić information content (AvgIpc) is 3.02. The van der Waals surface area contributed by atoms with Crippen LogP contribution in [0.4, 0.5) is 0 Å². The Hall–Kier alpha value is -4.09. The van der Waals surface area contributed by atoms with Crippen molar-refractivity contribution in [3.8, 4) is 17.2 Å². The molecule has 3 aromatic rings. The van der Waals surface area contributed by atoms with Gasteiger partial charge in [-0.05, 0) is 72.9 Å². The Morgan fingerprint density at radius 2 is 1.44 bits per heavy atom. The molecule has 0 fully saturated rings. The minimum atomic E-state index is -3.56. The summed E-state index contributed by atoms with van der Waals surface area (Å²) in [6, 6.07) is 18.7. The second kappa shape index (κ2) is 15.9. The smallest absolute Gasteiger partial charge is 0.242 e. The van der Waals surface area contributed by atoms with E-state index in [9.17, 15) is 18.0 Å². The van der Waals surface area contributed by atoms with E-state index in [1.807, 2.05) is 42.5 Å². The van der Waals surface area contributed by atoms with E-state index >= 15 is 0 Å². The van der Waals surface area contributed by atoms with Gasteiger partial charge in [0.05, 0.1) is 26.2 Å². The van der Waals surface area contributed by atoms with Gasteiger partial charge in [-0.15, -0.1) is 0 Å². The van der Waals surface area contributed by atoms with E-state index in [1.54, 1.807) is 52.2 Å². The highest BCUT2D eigenvalue weighted by molar-refractivity contribution is 7.89. The van der Waals surface area contributed by atoms with E-state index in [2.05, 4.69) is 10.0 Å². The van der Waals surface area contributed by atoms with Gasteiger partial charge < -0.3 is 24.4 Å². The van der Waals surface area contributed by atoms with Gasteiger partial charge >= 0.3 is 0 Å². The highest BCUT2D eigenvalue weighted by atomic mass is 32.2. The summed E-state index contributed by atoms with van der Waals surface area (Å²) in [6.07, 6.45) is 1.12. The van der Waals surface area contributed by atoms with E-state index in [0.717, 1.165) is 16.7 Å². The molecule has 43 heavy (non-hydrogen) atoms. The lowest BCUT2D eigenvalue weighted by Crippen LogP contribution is -2.48. The number of sulfonamides is 1. The molecule has 0 saturated carbocycles. The third-order valence-corrected chi connectivity index (χ3v) is 8.60. The maximum absolute atomic E-state index is 13.5. The fourth-order valence-corrected chi connectivity index (χ4v) is 5.57. The Labute approximate surface area is 254 Å². The Morgan fingerprint density at radius 1 is 0.814 bits per heavy atom. The summed E-state index contributed by atoms with van der Waals surface area (Å²) in [5.41, 5.74) is 2.65. The number of rotatable bonds is 16. The summed E-state index contributed by atoms with van der Waals surface area (Å²) in [7, 11) is 1.18. The molecule has 0 radical (unpaired) electrons. The van der Waals surface area contributed by atoms with Crippen LogP contribution in [0.5, 0.6) is 17.2 Å². The molecule has 0 bridgehead atoms. The highest BCUT2D eigenvalue weighted by Gasteiger charge is 2.26. The highest BCUT2D eigenvalue weighted by Crippen LogP contribution is 2.27. The lowest BCUT2D eigenvalue weighted by molar-refractivity contribution is -0.140. The number of aryl methyl sites for hydroxylation is 1. The van der Waals surface area contributed by atoms with E-state index in [0.29, 0.717) is 43.2 Å². The van der Waals surface area contributed by atoms with Crippen LogP contribution in [0.25, 0.3) is 0 Å². The molecule has 2 amide bonds. The van der Waals surface area contributed by atoms with Crippen molar-refractivity contribution in [2.75, 3.05) is 34.4 Å². The summed E-state index contributed by atoms with van der Waals surface area (Å²) in [4.78, 5) is 28.5. The monoisotopic (exact) mass is 611 g/mol. The van der Waals surface area contributed by atoms with Crippen molar-refractivity contribution >= 4 is 21.8 Å². The number of hydrogen-bond donors (Lipinski definition) is 2. The first kappa shape index (κ1) is 33.4. The van der Waals surface area contributed by atoms with E-state index in [4.69, 9.17) is 14.2 Å². The maximum Gasteiger partial charge on any atom is 0.242 e. The van der Waals surface area contributed by atoms with E-state index in [-0.39, 0.29) is 29.7 Å². The number of carbonyl (C=O) groups excluding carboxylic acids is 2. The molecule has 0 aliphatic heterocycles. The first-order valence-electron chi connectivity index (χ1n) is 14.1. The number of benzene rings is 3. The van der Waals surface area contributed by atoms with Crippen molar-refractivity contribution in [3.05, 3.63) is 83.4 Å². The molecule has 0 unspecified atom stereocenters. The van der Waals surface area contributed by atoms with Crippen LogP contribution in [0.2, 0.25) is 0 Å². The van der Waals surface area contributed by atoms with Crippen molar-refractivity contribution in [1.82, 2.24) is 14.9 Å². The fourth-order valence-electron chi connectivity index (χ4n) is 4.53. The van der Waals surface area contributed by atoms with Crippen LogP contribution >= 0.6 is 0 Å². The number of carbonyl (C=O) groups is 2. The minimum Gasteiger partial charge on any atom is -0.497 e. The number of nitrogens with zero attached hydrogens (tertiary/aromatic N) is 1. The minimum absolute atomic E-state index is 0.152. The van der Waals surface area contributed by atoms with Gasteiger partial charge in [-0.1, -0.05) is 37.3 Å². The van der Waals surface area contributed by atoms with Crippen molar-refractivity contribution in [1.29, 1.82) is 0 Å². The van der Waals surface area contributed by atoms with Crippen LogP contribution in [-0.2, 0) is 39.0 Å². The second-order valence-electron chi connectivity index (χ2n) is 9.92. The summed E-state index contributed by atoms with van der Waals surface area (Å²) >= 11 is 0. The van der Waals surface area contributed by atoms with Crippen molar-refractivity contribution in [2.45, 2.75) is 50.6 Å². The number of nitrogens with one attached hydrogen (secondary N) is 2. The molecule has 2 N–H and O–H groups in total. The van der Waals surface area contributed by atoms with Gasteiger partial charge in [-0.2, -0.15) is 0 Å². The molecule has 3 aromatic carbocycles. The lowest BCUT2D eigenvalue weighted by atomic mass is 10.1. The predicted octanol–water partition coefficient (Wildman–Crippen LogP) is 3.72. The Balaban J connectivity index is 1.68. The van der Waals surface area contributed by atoms with Gasteiger partial charge in [0, 0.05) is 26.1 Å². The number of hydrogen-bond acceptors (Lipinski definition) is 7. The SMILES string of the molecule is CCNS(=O)(=O)c1ccc(CCC(=O)N(Cc2ccc(OC)cc2)[C@H](C)C(=O)NCCc2ccc(OC)c(OC)c2)cc1. The molecular weight excluding hydrogens is 570 g/mol. The molecule has 0 spiro atoms. The number of ether oxygens (including phenoxy) is 3. The molecule has 0 aromatic heterocycles. The largest absolute Gasteiger partial charge is 0.497 e. The summed E-state index contributed by atoms with van der Waals surface area (Å²) in [5.74, 6) is 1.49. The summed E-state index contributed by atoms with van der Waals surface area (Å²) < 4.78 is 42.8. The maximum atomic E-state index is 13.5. The Morgan fingerprint density at radius 3 is 2.05 bits per heavy atom. The Kier molecular flexibility index (Phi) is 12.4. The zero-order valence-corrected chi connectivity index (χ0v) is 26.2. The van der Waals surface area contributed by atoms with Gasteiger partial charge in [-0.3, -0.25) is 9.59 Å². The molecule has 0 saturated heterocycles. The van der Waals surface area contributed by atoms with Gasteiger partial charge in [0.15, 0.2) is 11.5 Å². The van der Waals surface area contributed by atoms with Crippen LogP contribution in [-0.4, -0.2) is 65.6 Å². The number of methoxy groups -OCH3 is 3. The quantitative estimate of drug-likeness (QED) is 0.253. The van der Waals surface area contributed by atoms with Gasteiger partial charge in [-0.25, -0.2) is 13.1 Å². The number of amides is 2. The molecule has 0 aliphatic carbocycles. The molecular formula is C32H41N3O7S. The van der Waals surface area contributed by atoms with Crippen LogP contribution in [0.15, 0.2) is 71.6 Å². The van der Waals surface area contributed by atoms with Crippen molar-refractivity contribution in [3.63, 3.8) is 0 Å². The normalized spacial score (nSPS) is 11.8. The average molecular weight is 612 g/mol. The zero-order chi connectivity index (χ0) is 31.4. The van der Waals surface area contributed by atoms with E-state index < -0.39 is 16.1 Å². The molecule has 1 atom stereocenters. The molecule has 3 rings (SSSR count). The van der Waals surface area contributed by atoms with Crippen LogP contribution in [0.3, 0.4) is 0 Å². The molecule has 0 heterocycles. The van der Waals surface area contributed by atoms with Crippen LogP contribution < -0.4 is 24.2 Å². The summed E-state index contributed by atoms with van der Waals surface area (Å²) in [5, 5.41) is 2.95. The molecule has 0 aliphatic rings. The topological polar surface area (TPSA) is 123 Å². The first-order chi connectivity index (χ1) is 20.6. The van der Waals surface area contributed by atoms with Gasteiger partial charge in [0.2, 0.25) is 21.8 Å². The van der Waals surface area contributed by atoms with Crippen LogP contribution in [0.1, 0.15) is 37.0 Å². The van der Waals surface area contributed by atoms with Gasteiger partial charge in [0.25, 0.3) is 0 Å². The summed E-state index contributed by atoms with van der Waals surface area (Å²) in [6.45, 7) is 4.35. The Bertz CT molecular complexity index is 1460. The third-order valence-electron chi connectivity index (χ3n) is 7.04. The van der Waals surface area contributed by atoms with E-state index in [1.165, 1.54) is 12.1 Å². The zero-order valence-electron chi connectivity index (χ0n) is 25.4. The fraction of sp³-hybridized carbons (Fsp3) is 0.375. The third kappa shape index (κ3) is 9.45. The molecule has 11 heteroatoms. The van der Waals surface area contributed by atoms with Gasteiger partial charge in [0.1, 0.15) is 11.8 Å². The predicted molar refractivity (Wildman–Crippen MR) is 165 cm³/mol. The van der Waals surface area contributed by atoms with Crippen molar-refractivity contribution in [2.24, 2.45) is 0 Å². The first-order valence-corrected chi connectivity index (χ1v) is 15.6. The lowest BCUT2D eigenvalue weighted by Gasteiger charge is -2.29. The van der Waals surface area contributed by atoms with Crippen LogP contribution in [0, 0.1) is 0 Å². The standard InChI is InChI=1S/C32H41N3O7S/c1-6-34-43(38,39)28-15-9-24(10-16-28)12-18-31(36)35(22-26-7-13-27(40-3)14-8-26)23(2)32(37)33-20-19-25-11-17-29(41-4)30(21-25)42-5/h7-11,13-17,21,23,34H,6,12,18-20,22H2,1-5H3,(H,33,37)/t23-/m1/s1. The molecule has 232 valence electrons. The molecule has 10 nitrogen and oxygen atoms in total. The second-order valence-corrected chi connectivity index (χ2v) is 11.7. The van der Waals surface area contributed by atoms with Crippen molar-refractivity contribution < 1.29 is 32.2 Å².